The second-order valence-electron chi connectivity index (χ2n) is 8.43. The molecule has 0 aliphatic heterocycles. The molecule has 2 rings (SSSR count). The predicted molar refractivity (Wildman–Crippen MR) is 155 cm³/mol. The van der Waals surface area contributed by atoms with Gasteiger partial charge in [-0.3, -0.25) is 0 Å². The van der Waals surface area contributed by atoms with Gasteiger partial charge in [0.15, 0.2) is 0 Å². The summed E-state index contributed by atoms with van der Waals surface area (Å²) in [4.78, 5) is 0. The van der Waals surface area contributed by atoms with E-state index in [4.69, 9.17) is 9.47 Å². The molecule has 0 saturated heterocycles. The summed E-state index contributed by atoms with van der Waals surface area (Å²) in [6, 6.07) is 19.9. The second-order valence-corrected chi connectivity index (χ2v) is 13.7. The highest BCUT2D eigenvalue weighted by Crippen LogP contribution is 2.48. The van der Waals surface area contributed by atoms with Crippen molar-refractivity contribution in [3.05, 3.63) is 60.7 Å². The minimum absolute atomic E-state index is 0. The lowest BCUT2D eigenvalue weighted by Crippen LogP contribution is -2.35. The van der Waals surface area contributed by atoms with Crippen LogP contribution in [0.15, 0.2) is 60.7 Å². The number of rotatable bonds is 16. The Kier molecular flexibility index (Phi) is 17.7. The van der Waals surface area contributed by atoms with Crippen molar-refractivity contribution in [2.45, 2.75) is 37.2 Å². The largest absolute Gasteiger partial charge is 0.492 e. The Morgan fingerprint density at radius 2 is 1.00 bits per heavy atom. The van der Waals surface area contributed by atoms with Gasteiger partial charge in [0, 0.05) is 35.7 Å². The van der Waals surface area contributed by atoms with Gasteiger partial charge < -0.3 is 20.1 Å². The Hall–Kier alpha value is -0.410. The third-order valence-corrected chi connectivity index (χ3v) is 9.87. The van der Waals surface area contributed by atoms with Crippen molar-refractivity contribution in [3.8, 4) is 11.5 Å². The van der Waals surface area contributed by atoms with Crippen LogP contribution in [-0.4, -0.2) is 48.9 Å². The van der Waals surface area contributed by atoms with E-state index in [2.05, 4.69) is 38.3 Å². The quantitative estimate of drug-likeness (QED) is 0.176. The highest BCUT2D eigenvalue weighted by Gasteiger charge is 2.23. The molecule has 33 heavy (non-hydrogen) atoms. The van der Waals surface area contributed by atoms with Crippen molar-refractivity contribution < 1.29 is 9.47 Å². The molecule has 0 unspecified atom stereocenters. The molecule has 0 spiro atoms. The maximum atomic E-state index is 5.73. The Morgan fingerprint density at radius 3 is 1.36 bits per heavy atom. The topological polar surface area (TPSA) is 42.5 Å². The molecule has 0 bridgehead atoms. The van der Waals surface area contributed by atoms with Crippen molar-refractivity contribution in [2.75, 3.05) is 39.4 Å². The van der Waals surface area contributed by atoms with Gasteiger partial charge in [0.1, 0.15) is 24.7 Å². The van der Waals surface area contributed by atoms with Gasteiger partial charge in [-0.2, -0.15) is 0 Å². The fraction of sp³-hybridized carbons (Fsp3) is 0.500. The highest BCUT2D eigenvalue weighted by molar-refractivity contribution is 9.09. The summed E-state index contributed by atoms with van der Waals surface area (Å²) in [5.41, 5.74) is 0. The van der Waals surface area contributed by atoms with Crippen LogP contribution in [0, 0.1) is 0 Å². The molecule has 0 aliphatic carbocycles. The van der Waals surface area contributed by atoms with E-state index in [0.717, 1.165) is 37.7 Å². The van der Waals surface area contributed by atoms with E-state index < -0.39 is 0 Å². The lowest BCUT2D eigenvalue weighted by atomic mass is 10.2. The summed E-state index contributed by atoms with van der Waals surface area (Å²) in [7, 11) is 5.73. The molecule has 0 aromatic heterocycles. The first-order valence-electron chi connectivity index (χ1n) is 10.7. The molecule has 2 aromatic carbocycles. The average Bonchev–Trinajstić information content (AvgIpc) is 2.74. The van der Waals surface area contributed by atoms with Gasteiger partial charge in [0.25, 0.3) is 0 Å². The first-order chi connectivity index (χ1) is 14.9. The van der Waals surface area contributed by atoms with Crippen LogP contribution in [0.3, 0.4) is 0 Å². The van der Waals surface area contributed by atoms with E-state index in [1.54, 1.807) is 0 Å². The summed E-state index contributed by atoms with van der Waals surface area (Å²) in [6.07, 6.45) is 0. The molecule has 2 N–H and O–H groups in total. The molecular formula is C24H38Cl2N2O2S3. The van der Waals surface area contributed by atoms with Crippen molar-refractivity contribution in [3.63, 3.8) is 0 Å². The molecule has 0 heterocycles. The average molecular weight is 554 g/mol. The standard InChI is InChI=1S/C24H36N2O2S3.2ClH/c1-23(2,19-25-15-17-27-21-11-7-5-8-12-21)29-31-30-24(3,4)20-26-16-18-28-22-13-9-6-10-14-22;;/h5-14,25-26H,15-20H2,1-4H3;2*1H. The van der Waals surface area contributed by atoms with Crippen molar-refractivity contribution in [2.24, 2.45) is 0 Å². The Morgan fingerprint density at radius 1 is 0.636 bits per heavy atom. The van der Waals surface area contributed by atoms with Crippen LogP contribution >= 0.6 is 56.2 Å². The predicted octanol–water partition coefficient (Wildman–Crippen LogP) is 6.75. The smallest absolute Gasteiger partial charge is 0.119 e. The molecule has 0 fully saturated rings. The van der Waals surface area contributed by atoms with E-state index in [9.17, 15) is 0 Å². The van der Waals surface area contributed by atoms with Crippen molar-refractivity contribution >= 4 is 56.2 Å². The SMILES string of the molecule is CC(C)(CNCCOc1ccccc1)SSSC(C)(C)CNCCOc1ccccc1.Cl.Cl. The van der Waals surface area contributed by atoms with Crippen molar-refractivity contribution in [1.82, 2.24) is 10.6 Å². The van der Waals surface area contributed by atoms with Crippen LogP contribution in [0.4, 0.5) is 0 Å². The summed E-state index contributed by atoms with van der Waals surface area (Å²) in [5.74, 6) is 1.85. The molecule has 0 atom stereocenters. The Bertz CT molecular complexity index is 665. The van der Waals surface area contributed by atoms with Gasteiger partial charge in [0.05, 0.1) is 0 Å². The van der Waals surface area contributed by atoms with Crippen LogP contribution in [0.2, 0.25) is 0 Å². The zero-order valence-corrected chi connectivity index (χ0v) is 24.0. The zero-order valence-electron chi connectivity index (χ0n) is 19.9. The monoisotopic (exact) mass is 552 g/mol. The summed E-state index contributed by atoms with van der Waals surface area (Å²) >= 11 is 0. The number of nitrogens with one attached hydrogen (secondary N) is 2. The molecule has 188 valence electrons. The van der Waals surface area contributed by atoms with Gasteiger partial charge >= 0.3 is 0 Å². The molecule has 0 radical (unpaired) electrons. The molecule has 9 heteroatoms. The zero-order chi connectivity index (χ0) is 22.4. The van der Waals surface area contributed by atoms with Gasteiger partial charge in [-0.25, -0.2) is 0 Å². The number of benzene rings is 2. The van der Waals surface area contributed by atoms with E-state index in [1.165, 1.54) is 0 Å². The first kappa shape index (κ1) is 32.6. The van der Waals surface area contributed by atoms with E-state index >= 15 is 0 Å². The van der Waals surface area contributed by atoms with Crippen LogP contribution in [0.1, 0.15) is 27.7 Å². The molecule has 0 aliphatic rings. The lowest BCUT2D eigenvalue weighted by molar-refractivity contribution is 0.312. The van der Waals surface area contributed by atoms with Crippen LogP contribution in [0.5, 0.6) is 11.5 Å². The second kappa shape index (κ2) is 17.9. The molecule has 0 saturated carbocycles. The molecule has 2 aromatic rings. The summed E-state index contributed by atoms with van der Waals surface area (Å²) < 4.78 is 11.8. The third-order valence-electron chi connectivity index (χ3n) is 4.20. The summed E-state index contributed by atoms with van der Waals surface area (Å²) in [6.45, 7) is 14.1. The van der Waals surface area contributed by atoms with Crippen LogP contribution in [-0.2, 0) is 0 Å². The van der Waals surface area contributed by atoms with Crippen LogP contribution < -0.4 is 20.1 Å². The molecule has 0 amide bonds. The summed E-state index contributed by atoms with van der Waals surface area (Å²) in [5, 5.41) is 7.02. The minimum Gasteiger partial charge on any atom is -0.492 e. The fourth-order valence-corrected chi connectivity index (χ4v) is 8.46. The number of hydrogen-bond donors (Lipinski definition) is 2. The highest BCUT2D eigenvalue weighted by atomic mass is 35.5. The molecular weight excluding hydrogens is 515 g/mol. The third kappa shape index (κ3) is 16.0. The Labute approximate surface area is 224 Å². The number of ether oxygens (including phenoxy) is 2. The van der Waals surface area contributed by atoms with Gasteiger partial charge in [-0.05, 0) is 61.8 Å². The van der Waals surface area contributed by atoms with Crippen LogP contribution in [0.25, 0.3) is 0 Å². The van der Waals surface area contributed by atoms with Gasteiger partial charge in [-0.15, -0.1) is 24.8 Å². The molecule has 4 nitrogen and oxygen atoms in total. The van der Waals surface area contributed by atoms with Gasteiger partial charge in [0.2, 0.25) is 0 Å². The minimum atomic E-state index is 0. The Balaban J connectivity index is 0.00000512. The number of hydrogen-bond acceptors (Lipinski definition) is 7. The number of para-hydroxylation sites is 2. The first-order valence-corrected chi connectivity index (χ1v) is 14.2. The number of halogens is 2. The lowest BCUT2D eigenvalue weighted by Gasteiger charge is -2.27. The van der Waals surface area contributed by atoms with E-state index in [-0.39, 0.29) is 34.3 Å². The maximum absolute atomic E-state index is 5.73. The normalized spacial score (nSPS) is 11.3. The van der Waals surface area contributed by atoms with E-state index in [1.807, 2.05) is 92.1 Å². The fourth-order valence-electron chi connectivity index (χ4n) is 2.55. The van der Waals surface area contributed by atoms with Gasteiger partial charge in [-0.1, -0.05) is 58.0 Å². The van der Waals surface area contributed by atoms with E-state index in [0.29, 0.717) is 13.2 Å². The van der Waals surface area contributed by atoms with Crippen molar-refractivity contribution in [1.29, 1.82) is 0 Å². The maximum Gasteiger partial charge on any atom is 0.119 e.